The maximum Gasteiger partial charge on any atom is 0.207 e. The van der Waals surface area contributed by atoms with Gasteiger partial charge in [-0.25, -0.2) is 0 Å². The molecule has 1 rings (SSSR count). The summed E-state index contributed by atoms with van der Waals surface area (Å²) in [6.07, 6.45) is 0.702. The minimum Gasteiger partial charge on any atom is -0.377 e. The lowest BCUT2D eigenvalue weighted by atomic mass is 10.3. The van der Waals surface area contributed by atoms with Crippen molar-refractivity contribution in [2.24, 2.45) is 0 Å². The van der Waals surface area contributed by atoms with Gasteiger partial charge in [0.15, 0.2) is 0 Å². The molecule has 0 aliphatic carbocycles. The Kier molecular flexibility index (Phi) is 1.26. The lowest BCUT2D eigenvalue weighted by Crippen LogP contribution is -2.45. The molecule has 0 aromatic rings. The average Bonchev–Trinajstić information content (AvgIpc) is 1.55. The van der Waals surface area contributed by atoms with E-state index >= 15 is 0 Å². The van der Waals surface area contributed by atoms with Crippen molar-refractivity contribution in [2.75, 3.05) is 13.2 Å². The van der Waals surface area contributed by atoms with Crippen molar-refractivity contribution in [2.45, 2.75) is 6.04 Å². The van der Waals surface area contributed by atoms with Gasteiger partial charge in [0, 0.05) is 0 Å². The number of hydrogen-bond acceptors (Lipinski definition) is 2. The Labute approximate surface area is 41.7 Å². The number of rotatable bonds is 2. The van der Waals surface area contributed by atoms with E-state index in [1.165, 1.54) is 0 Å². The summed E-state index contributed by atoms with van der Waals surface area (Å²) in [5.74, 6) is 0. The standard InChI is InChI=1S/C4H7NO2/c6-3-5-4-1-7-2-4/h3-4H,1-2H2,(H,5,6). The second-order valence-electron chi connectivity index (χ2n) is 1.52. The first kappa shape index (κ1) is 4.59. The number of carbonyl (C=O) groups excluding carboxylic acids is 1. The van der Waals surface area contributed by atoms with Crippen LogP contribution < -0.4 is 5.32 Å². The van der Waals surface area contributed by atoms with Gasteiger partial charge in [0.1, 0.15) is 0 Å². The normalized spacial score (nSPS) is 20.6. The molecule has 0 unspecified atom stereocenters. The number of ether oxygens (including phenoxy) is 1. The molecule has 7 heavy (non-hydrogen) atoms. The Morgan fingerprint density at radius 1 is 1.71 bits per heavy atom. The topological polar surface area (TPSA) is 38.3 Å². The van der Waals surface area contributed by atoms with Gasteiger partial charge in [-0.2, -0.15) is 0 Å². The van der Waals surface area contributed by atoms with E-state index in [-0.39, 0.29) is 6.04 Å². The minimum absolute atomic E-state index is 0.289. The molecule has 3 nitrogen and oxygen atoms in total. The van der Waals surface area contributed by atoms with Crippen LogP contribution in [0.25, 0.3) is 0 Å². The molecular formula is C4H7NO2. The molecule has 0 bridgehead atoms. The van der Waals surface area contributed by atoms with Gasteiger partial charge in [0.25, 0.3) is 0 Å². The van der Waals surface area contributed by atoms with Gasteiger partial charge >= 0.3 is 0 Å². The first-order valence-corrected chi connectivity index (χ1v) is 2.21. The molecule has 1 N–H and O–H groups in total. The molecule has 1 aliphatic heterocycles. The average molecular weight is 101 g/mol. The minimum atomic E-state index is 0.289. The van der Waals surface area contributed by atoms with Crippen molar-refractivity contribution in [1.29, 1.82) is 0 Å². The van der Waals surface area contributed by atoms with Crippen LogP contribution in [0.3, 0.4) is 0 Å². The Morgan fingerprint density at radius 3 is 2.57 bits per heavy atom. The van der Waals surface area contributed by atoms with Crippen LogP contribution in [0.5, 0.6) is 0 Å². The molecule has 1 heterocycles. The smallest absolute Gasteiger partial charge is 0.207 e. The van der Waals surface area contributed by atoms with Crippen LogP contribution in [0.4, 0.5) is 0 Å². The summed E-state index contributed by atoms with van der Waals surface area (Å²) in [5, 5.41) is 2.58. The second kappa shape index (κ2) is 1.93. The molecule has 0 aromatic carbocycles. The van der Waals surface area contributed by atoms with Crippen LogP contribution in [-0.4, -0.2) is 25.7 Å². The number of hydrogen-bond donors (Lipinski definition) is 1. The molecule has 1 saturated heterocycles. The molecule has 1 amide bonds. The third-order valence-corrected chi connectivity index (χ3v) is 0.942. The van der Waals surface area contributed by atoms with E-state index < -0.39 is 0 Å². The lowest BCUT2D eigenvalue weighted by molar-refractivity contribution is -0.113. The van der Waals surface area contributed by atoms with Gasteiger partial charge in [0.05, 0.1) is 19.3 Å². The summed E-state index contributed by atoms with van der Waals surface area (Å²) < 4.78 is 4.77. The van der Waals surface area contributed by atoms with Crippen LogP contribution in [0.1, 0.15) is 0 Å². The van der Waals surface area contributed by atoms with Crippen LogP contribution in [-0.2, 0) is 9.53 Å². The van der Waals surface area contributed by atoms with Crippen molar-refractivity contribution in [1.82, 2.24) is 5.32 Å². The van der Waals surface area contributed by atoms with E-state index in [0.29, 0.717) is 19.6 Å². The van der Waals surface area contributed by atoms with Gasteiger partial charge < -0.3 is 10.1 Å². The molecular weight excluding hydrogens is 94.0 g/mol. The van der Waals surface area contributed by atoms with E-state index in [1.54, 1.807) is 0 Å². The van der Waals surface area contributed by atoms with Crippen molar-refractivity contribution in [3.63, 3.8) is 0 Å². The Bertz CT molecular complexity index is 70.1. The summed E-state index contributed by atoms with van der Waals surface area (Å²) in [7, 11) is 0. The first-order chi connectivity index (χ1) is 3.43. The number of nitrogens with one attached hydrogen (secondary N) is 1. The predicted octanol–water partition coefficient (Wildman–Crippen LogP) is -0.869. The molecule has 0 aromatic heterocycles. The van der Waals surface area contributed by atoms with E-state index in [4.69, 9.17) is 4.74 Å². The zero-order valence-electron chi connectivity index (χ0n) is 3.89. The highest BCUT2D eigenvalue weighted by atomic mass is 16.5. The van der Waals surface area contributed by atoms with Gasteiger partial charge in [0.2, 0.25) is 6.41 Å². The van der Waals surface area contributed by atoms with Crippen LogP contribution in [0.2, 0.25) is 0 Å². The van der Waals surface area contributed by atoms with E-state index in [0.717, 1.165) is 0 Å². The zero-order chi connectivity index (χ0) is 5.11. The number of amides is 1. The molecule has 0 atom stereocenters. The Hall–Kier alpha value is -0.570. The summed E-state index contributed by atoms with van der Waals surface area (Å²) in [6, 6.07) is 0.289. The van der Waals surface area contributed by atoms with Crippen LogP contribution >= 0.6 is 0 Å². The maximum atomic E-state index is 9.64. The molecule has 1 fully saturated rings. The fourth-order valence-electron chi connectivity index (χ4n) is 0.428. The zero-order valence-corrected chi connectivity index (χ0v) is 3.89. The summed E-state index contributed by atoms with van der Waals surface area (Å²) in [6.45, 7) is 1.36. The third kappa shape index (κ3) is 0.899. The van der Waals surface area contributed by atoms with Crippen molar-refractivity contribution in [3.8, 4) is 0 Å². The predicted molar refractivity (Wildman–Crippen MR) is 23.8 cm³/mol. The molecule has 0 spiro atoms. The van der Waals surface area contributed by atoms with Crippen molar-refractivity contribution < 1.29 is 9.53 Å². The second-order valence-corrected chi connectivity index (χ2v) is 1.52. The van der Waals surface area contributed by atoms with E-state index in [1.807, 2.05) is 0 Å². The van der Waals surface area contributed by atoms with E-state index in [9.17, 15) is 4.79 Å². The monoisotopic (exact) mass is 101 g/mol. The van der Waals surface area contributed by atoms with E-state index in [2.05, 4.69) is 5.32 Å². The molecule has 0 radical (unpaired) electrons. The van der Waals surface area contributed by atoms with Gasteiger partial charge in [-0.15, -0.1) is 0 Å². The highest BCUT2D eigenvalue weighted by Gasteiger charge is 2.15. The summed E-state index contributed by atoms with van der Waals surface area (Å²) >= 11 is 0. The van der Waals surface area contributed by atoms with Gasteiger partial charge in [-0.1, -0.05) is 0 Å². The Balaban J connectivity index is 2.03. The highest BCUT2D eigenvalue weighted by molar-refractivity contribution is 5.46. The largest absolute Gasteiger partial charge is 0.377 e. The SMILES string of the molecule is O=CNC1COC1. The molecule has 0 saturated carbocycles. The first-order valence-electron chi connectivity index (χ1n) is 2.21. The Morgan fingerprint density at radius 2 is 2.43 bits per heavy atom. The number of carbonyl (C=O) groups is 1. The van der Waals surface area contributed by atoms with Crippen LogP contribution in [0.15, 0.2) is 0 Å². The summed E-state index contributed by atoms with van der Waals surface area (Å²) in [5.41, 5.74) is 0. The third-order valence-electron chi connectivity index (χ3n) is 0.942. The molecule has 40 valence electrons. The molecule has 1 aliphatic rings. The van der Waals surface area contributed by atoms with Crippen molar-refractivity contribution in [3.05, 3.63) is 0 Å². The van der Waals surface area contributed by atoms with Gasteiger partial charge in [-0.3, -0.25) is 4.79 Å². The summed E-state index contributed by atoms with van der Waals surface area (Å²) in [4.78, 5) is 9.64. The van der Waals surface area contributed by atoms with Gasteiger partial charge in [-0.05, 0) is 0 Å². The quantitative estimate of drug-likeness (QED) is 0.459. The van der Waals surface area contributed by atoms with Crippen LogP contribution in [0, 0.1) is 0 Å². The lowest BCUT2D eigenvalue weighted by Gasteiger charge is -2.24. The maximum absolute atomic E-state index is 9.64. The fraction of sp³-hybridized carbons (Fsp3) is 0.750. The highest BCUT2D eigenvalue weighted by Crippen LogP contribution is 1.96. The van der Waals surface area contributed by atoms with Crippen molar-refractivity contribution >= 4 is 6.41 Å². The fourth-order valence-corrected chi connectivity index (χ4v) is 0.428. The molecule has 3 heteroatoms.